The third-order valence-electron chi connectivity index (χ3n) is 5.25. The van der Waals surface area contributed by atoms with Crippen LogP contribution in [-0.4, -0.2) is 20.7 Å². The molecule has 0 atom stereocenters. The van der Waals surface area contributed by atoms with Crippen molar-refractivity contribution >= 4 is 23.0 Å². The zero-order valence-corrected chi connectivity index (χ0v) is 17.6. The Hall–Kier alpha value is -3.99. The van der Waals surface area contributed by atoms with E-state index in [1.54, 1.807) is 56.0 Å². The number of carbonyl (C=O) groups excluding carboxylic acids is 1. The first kappa shape index (κ1) is 20.3. The molecule has 0 aliphatic carbocycles. The molecule has 3 heterocycles. The number of hydrogen-bond donors (Lipinski definition) is 2. The van der Waals surface area contributed by atoms with E-state index in [1.165, 1.54) is 6.07 Å². The zero-order valence-electron chi connectivity index (χ0n) is 17.6. The maximum Gasteiger partial charge on any atom is 0.258 e. The van der Waals surface area contributed by atoms with Crippen LogP contribution in [-0.2, 0) is 10.3 Å². The topological polar surface area (TPSA) is 95.6 Å². The molecule has 0 bridgehead atoms. The normalized spacial score (nSPS) is 14.6. The second-order valence-corrected chi connectivity index (χ2v) is 7.94. The van der Waals surface area contributed by atoms with Crippen molar-refractivity contribution in [2.75, 3.05) is 10.6 Å². The summed E-state index contributed by atoms with van der Waals surface area (Å²) in [5.74, 6) is -0.134. The van der Waals surface area contributed by atoms with Crippen LogP contribution in [0.15, 0.2) is 48.4 Å². The van der Waals surface area contributed by atoms with Crippen LogP contribution >= 0.6 is 0 Å². The summed E-state index contributed by atoms with van der Waals surface area (Å²) >= 11 is 0. The van der Waals surface area contributed by atoms with Crippen molar-refractivity contribution in [2.45, 2.75) is 33.2 Å². The summed E-state index contributed by atoms with van der Waals surface area (Å²) in [4.78, 5) is 17.0. The molecule has 0 radical (unpaired) electrons. The molecule has 0 saturated heterocycles. The Labute approximate surface area is 179 Å². The highest BCUT2D eigenvalue weighted by Crippen LogP contribution is 2.37. The molecule has 8 heteroatoms. The predicted molar refractivity (Wildman–Crippen MR) is 116 cm³/mol. The van der Waals surface area contributed by atoms with Gasteiger partial charge in [-0.3, -0.25) is 14.5 Å². The zero-order chi connectivity index (χ0) is 22.3. The lowest BCUT2D eigenvalue weighted by Gasteiger charge is -2.15. The molecule has 1 amide bonds. The molecule has 7 nitrogen and oxygen atoms in total. The molecular formula is C23H21FN6O. The van der Waals surface area contributed by atoms with Gasteiger partial charge in [0.2, 0.25) is 0 Å². The monoisotopic (exact) mass is 416 g/mol. The number of benzene rings is 1. The van der Waals surface area contributed by atoms with E-state index in [2.05, 4.69) is 26.8 Å². The number of aryl methyl sites for hydroxylation is 1. The molecule has 1 aliphatic heterocycles. The van der Waals surface area contributed by atoms with Gasteiger partial charge in [0, 0.05) is 29.1 Å². The second kappa shape index (κ2) is 7.36. The molecule has 1 aromatic carbocycles. The van der Waals surface area contributed by atoms with Crippen LogP contribution in [0.25, 0.3) is 16.8 Å². The Bertz CT molecular complexity index is 1260. The molecule has 3 aromatic rings. The number of amides is 1. The van der Waals surface area contributed by atoms with Gasteiger partial charge in [-0.1, -0.05) is 12.1 Å². The first-order chi connectivity index (χ1) is 14.7. The van der Waals surface area contributed by atoms with Crippen LogP contribution in [0.3, 0.4) is 0 Å². The number of aromatic nitrogens is 3. The van der Waals surface area contributed by atoms with Crippen molar-refractivity contribution in [3.05, 3.63) is 65.4 Å². The molecule has 2 aromatic heterocycles. The van der Waals surface area contributed by atoms with E-state index in [9.17, 15) is 14.4 Å². The smallest absolute Gasteiger partial charge is 0.258 e. The van der Waals surface area contributed by atoms with E-state index < -0.39 is 5.54 Å². The summed E-state index contributed by atoms with van der Waals surface area (Å²) in [5.41, 5.74) is 3.05. The Balaban J connectivity index is 1.74. The molecule has 1 aliphatic rings. The van der Waals surface area contributed by atoms with Gasteiger partial charge in [0.25, 0.3) is 5.91 Å². The van der Waals surface area contributed by atoms with Crippen molar-refractivity contribution in [3.8, 4) is 17.3 Å². The van der Waals surface area contributed by atoms with Crippen molar-refractivity contribution < 1.29 is 9.18 Å². The van der Waals surface area contributed by atoms with Gasteiger partial charge in [-0.15, -0.1) is 0 Å². The van der Waals surface area contributed by atoms with Gasteiger partial charge in [-0.05, 0) is 45.4 Å². The third-order valence-corrected chi connectivity index (χ3v) is 5.25. The van der Waals surface area contributed by atoms with E-state index in [-0.39, 0.29) is 11.7 Å². The van der Waals surface area contributed by atoms with E-state index in [1.807, 2.05) is 13.0 Å². The number of nitrogens with one attached hydrogen (secondary N) is 2. The fourth-order valence-corrected chi connectivity index (χ4v) is 3.54. The van der Waals surface area contributed by atoms with Gasteiger partial charge < -0.3 is 10.6 Å². The van der Waals surface area contributed by atoms with Crippen LogP contribution in [0, 0.1) is 24.1 Å². The van der Waals surface area contributed by atoms with Crippen LogP contribution in [0.5, 0.6) is 0 Å². The fraction of sp³-hybridized carbons (Fsp3) is 0.217. The van der Waals surface area contributed by atoms with E-state index in [0.29, 0.717) is 39.6 Å². The number of carbonyl (C=O) groups is 1. The molecule has 156 valence electrons. The Morgan fingerprint density at radius 1 is 1.32 bits per heavy atom. The van der Waals surface area contributed by atoms with Crippen LogP contribution < -0.4 is 10.6 Å². The number of anilines is 2. The number of halogens is 1. The number of nitriles is 1. The van der Waals surface area contributed by atoms with Crippen molar-refractivity contribution in [1.29, 1.82) is 5.26 Å². The standard InChI is InChI=1S/C23H21FN6O/c1-13-6-5-7-16(24)20(13)17-10-15-18(11-26-17)28-22(31)21(15)14(2)27-19-8-9-30(29-19)23(3,4)12-25/h5-11H,1-4H3,(H,27,29)(H,28,31)/b21-14-. The summed E-state index contributed by atoms with van der Waals surface area (Å²) in [6.45, 7) is 7.11. The minimum Gasteiger partial charge on any atom is -0.342 e. The first-order valence-corrected chi connectivity index (χ1v) is 9.74. The summed E-state index contributed by atoms with van der Waals surface area (Å²) in [6, 6.07) is 10.5. The van der Waals surface area contributed by atoms with Gasteiger partial charge in [0.05, 0.1) is 29.2 Å². The van der Waals surface area contributed by atoms with E-state index >= 15 is 0 Å². The highest BCUT2D eigenvalue weighted by Gasteiger charge is 2.28. The number of allylic oxidation sites excluding steroid dienone is 1. The quantitative estimate of drug-likeness (QED) is 0.613. The molecule has 2 N–H and O–H groups in total. The number of fused-ring (bicyclic) bond motifs is 1. The molecule has 4 rings (SSSR count). The Kier molecular flexibility index (Phi) is 4.82. The molecule has 0 saturated carbocycles. The van der Waals surface area contributed by atoms with Crippen molar-refractivity contribution in [1.82, 2.24) is 14.8 Å². The van der Waals surface area contributed by atoms with Gasteiger partial charge in [0.15, 0.2) is 5.82 Å². The van der Waals surface area contributed by atoms with Gasteiger partial charge in [-0.2, -0.15) is 10.4 Å². The van der Waals surface area contributed by atoms with Crippen LogP contribution in [0.4, 0.5) is 15.9 Å². The van der Waals surface area contributed by atoms with Gasteiger partial charge in [-0.25, -0.2) is 4.39 Å². The molecule has 0 unspecified atom stereocenters. The summed E-state index contributed by atoms with van der Waals surface area (Å²) in [5, 5.41) is 19.6. The lowest BCUT2D eigenvalue weighted by atomic mass is 10.00. The average Bonchev–Trinajstić information content (AvgIpc) is 3.31. The number of nitrogens with zero attached hydrogens (tertiary/aromatic N) is 4. The maximum atomic E-state index is 14.5. The molecular weight excluding hydrogens is 395 g/mol. The van der Waals surface area contributed by atoms with Gasteiger partial charge >= 0.3 is 0 Å². The minimum absolute atomic E-state index is 0.277. The Morgan fingerprint density at radius 3 is 2.81 bits per heavy atom. The second-order valence-electron chi connectivity index (χ2n) is 7.94. The van der Waals surface area contributed by atoms with Gasteiger partial charge in [0.1, 0.15) is 11.4 Å². The first-order valence-electron chi connectivity index (χ1n) is 9.74. The highest BCUT2D eigenvalue weighted by atomic mass is 19.1. The van der Waals surface area contributed by atoms with Crippen molar-refractivity contribution in [3.63, 3.8) is 0 Å². The SMILES string of the molecule is C/C(Nc1ccn(C(C)(C)C#N)n1)=C1/C(=O)Nc2cnc(-c3c(C)cccc3F)cc21. The molecule has 0 spiro atoms. The summed E-state index contributed by atoms with van der Waals surface area (Å²) in [6.07, 6.45) is 3.24. The largest absolute Gasteiger partial charge is 0.342 e. The maximum absolute atomic E-state index is 14.5. The van der Waals surface area contributed by atoms with Crippen LogP contribution in [0.2, 0.25) is 0 Å². The average molecular weight is 416 g/mol. The molecule has 31 heavy (non-hydrogen) atoms. The van der Waals surface area contributed by atoms with Crippen LogP contribution in [0.1, 0.15) is 31.9 Å². The lowest BCUT2D eigenvalue weighted by molar-refractivity contribution is -0.110. The number of hydrogen-bond acceptors (Lipinski definition) is 5. The molecule has 0 fully saturated rings. The minimum atomic E-state index is -0.795. The summed E-state index contributed by atoms with van der Waals surface area (Å²) < 4.78 is 16.0. The Morgan fingerprint density at radius 2 is 2.10 bits per heavy atom. The summed E-state index contributed by atoms with van der Waals surface area (Å²) in [7, 11) is 0. The fourth-order valence-electron chi connectivity index (χ4n) is 3.54. The highest BCUT2D eigenvalue weighted by molar-refractivity contribution is 6.32. The predicted octanol–water partition coefficient (Wildman–Crippen LogP) is 4.45. The third kappa shape index (κ3) is 3.55. The lowest BCUT2D eigenvalue weighted by Crippen LogP contribution is -2.24. The number of rotatable bonds is 4. The van der Waals surface area contributed by atoms with Crippen molar-refractivity contribution in [2.24, 2.45) is 0 Å². The number of pyridine rings is 1. The van der Waals surface area contributed by atoms with E-state index in [4.69, 9.17) is 0 Å². The van der Waals surface area contributed by atoms with E-state index in [0.717, 1.165) is 5.56 Å².